The molecule has 0 aliphatic heterocycles. The van der Waals surface area contributed by atoms with Gasteiger partial charge >= 0.3 is 0 Å². The monoisotopic (exact) mass is 249 g/mol. The second kappa shape index (κ2) is 5.06. The highest BCUT2D eigenvalue weighted by atomic mass is 16.2. The van der Waals surface area contributed by atoms with Crippen LogP contribution in [-0.2, 0) is 11.3 Å². The van der Waals surface area contributed by atoms with Gasteiger partial charge in [0.15, 0.2) is 0 Å². The molecule has 4 nitrogen and oxygen atoms in total. The molecule has 0 aliphatic carbocycles. The number of nitrogens with one attached hydrogen (secondary N) is 1. The summed E-state index contributed by atoms with van der Waals surface area (Å²) in [4.78, 5) is 16.3. The second-order valence-electron chi connectivity index (χ2n) is 5.84. The third-order valence-corrected chi connectivity index (χ3v) is 3.60. The lowest BCUT2D eigenvalue weighted by molar-refractivity contribution is -0.132. The molecule has 0 bridgehead atoms. The molecule has 0 aromatic carbocycles. The minimum absolute atomic E-state index is 0.0458. The molecule has 18 heavy (non-hydrogen) atoms. The van der Waals surface area contributed by atoms with Crippen LogP contribution in [0.4, 0.5) is 0 Å². The number of hydrogen-bond donors (Lipinski definition) is 2. The van der Waals surface area contributed by atoms with Gasteiger partial charge in [-0.05, 0) is 46.2 Å². The largest absolute Gasteiger partial charge is 0.351 e. The van der Waals surface area contributed by atoms with Gasteiger partial charge in [-0.25, -0.2) is 0 Å². The lowest BCUT2D eigenvalue weighted by atomic mass is 9.74. The molecule has 1 rings (SSSR count). The van der Waals surface area contributed by atoms with Crippen LogP contribution in [0.5, 0.6) is 0 Å². The third-order valence-electron chi connectivity index (χ3n) is 3.60. The Morgan fingerprint density at radius 2 is 1.94 bits per heavy atom. The number of hydrogen-bond acceptors (Lipinski definition) is 3. The zero-order chi connectivity index (χ0) is 14.0. The van der Waals surface area contributed by atoms with Gasteiger partial charge in [0.05, 0.1) is 5.41 Å². The standard InChI is InChI=1S/C14H23N3O/c1-10-6-7-11(8-16-10)9-17-12(18)13(2,3)14(4,5)15/h6-8H,9,15H2,1-5H3,(H,17,18). The van der Waals surface area contributed by atoms with E-state index in [0.29, 0.717) is 6.54 Å². The fourth-order valence-electron chi connectivity index (χ4n) is 1.30. The summed E-state index contributed by atoms with van der Waals surface area (Å²) in [6, 6.07) is 3.89. The maximum absolute atomic E-state index is 12.1. The number of pyridine rings is 1. The molecule has 0 aliphatic rings. The van der Waals surface area contributed by atoms with Crippen LogP contribution in [0.2, 0.25) is 0 Å². The van der Waals surface area contributed by atoms with Crippen molar-refractivity contribution in [3.63, 3.8) is 0 Å². The van der Waals surface area contributed by atoms with E-state index in [1.165, 1.54) is 0 Å². The number of nitrogens with two attached hydrogens (primary N) is 1. The molecule has 4 heteroatoms. The SMILES string of the molecule is Cc1ccc(CNC(=O)C(C)(C)C(C)(C)N)cn1. The minimum Gasteiger partial charge on any atom is -0.351 e. The third kappa shape index (κ3) is 3.29. The maximum atomic E-state index is 12.1. The van der Waals surface area contributed by atoms with Crippen molar-refractivity contribution in [1.82, 2.24) is 10.3 Å². The first-order chi connectivity index (χ1) is 8.14. The lowest BCUT2D eigenvalue weighted by Gasteiger charge is -2.36. The van der Waals surface area contributed by atoms with Crippen LogP contribution in [0, 0.1) is 12.3 Å². The fraction of sp³-hybridized carbons (Fsp3) is 0.571. The Morgan fingerprint density at radius 1 is 1.33 bits per heavy atom. The average Bonchev–Trinajstić information content (AvgIpc) is 2.26. The quantitative estimate of drug-likeness (QED) is 0.854. The van der Waals surface area contributed by atoms with Crippen LogP contribution < -0.4 is 11.1 Å². The van der Waals surface area contributed by atoms with E-state index in [1.54, 1.807) is 6.20 Å². The predicted molar refractivity (Wildman–Crippen MR) is 72.9 cm³/mol. The van der Waals surface area contributed by atoms with Crippen molar-refractivity contribution in [2.75, 3.05) is 0 Å². The van der Waals surface area contributed by atoms with E-state index >= 15 is 0 Å². The van der Waals surface area contributed by atoms with Crippen LogP contribution in [0.15, 0.2) is 18.3 Å². The van der Waals surface area contributed by atoms with Gasteiger partial charge in [0.2, 0.25) is 5.91 Å². The van der Waals surface area contributed by atoms with Crippen LogP contribution >= 0.6 is 0 Å². The molecular formula is C14H23N3O. The van der Waals surface area contributed by atoms with Gasteiger partial charge < -0.3 is 11.1 Å². The van der Waals surface area contributed by atoms with Crippen LogP contribution in [0.3, 0.4) is 0 Å². The predicted octanol–water partition coefficient (Wildman–Crippen LogP) is 1.77. The van der Waals surface area contributed by atoms with E-state index in [9.17, 15) is 4.79 Å². The summed E-state index contributed by atoms with van der Waals surface area (Å²) in [5, 5.41) is 2.91. The highest BCUT2D eigenvalue weighted by Gasteiger charge is 2.40. The molecule has 0 atom stereocenters. The van der Waals surface area contributed by atoms with Crippen molar-refractivity contribution >= 4 is 5.91 Å². The Bertz CT molecular complexity index is 416. The molecular weight excluding hydrogens is 226 g/mol. The van der Waals surface area contributed by atoms with Crippen LogP contribution in [0.25, 0.3) is 0 Å². The van der Waals surface area contributed by atoms with Crippen LogP contribution in [0.1, 0.15) is 39.0 Å². The zero-order valence-corrected chi connectivity index (χ0v) is 11.9. The Kier molecular flexibility index (Phi) is 4.12. The Hall–Kier alpha value is -1.42. The maximum Gasteiger partial charge on any atom is 0.227 e. The normalized spacial score (nSPS) is 12.3. The van der Waals surface area contributed by atoms with E-state index in [0.717, 1.165) is 11.3 Å². The van der Waals surface area contributed by atoms with Gasteiger partial charge in [-0.2, -0.15) is 0 Å². The number of aryl methyl sites for hydroxylation is 1. The number of nitrogens with zero attached hydrogens (tertiary/aromatic N) is 1. The van der Waals surface area contributed by atoms with Gasteiger partial charge in [-0.3, -0.25) is 9.78 Å². The van der Waals surface area contributed by atoms with E-state index in [4.69, 9.17) is 5.73 Å². The van der Waals surface area contributed by atoms with Crippen molar-refractivity contribution in [2.24, 2.45) is 11.1 Å². The van der Waals surface area contributed by atoms with E-state index in [-0.39, 0.29) is 5.91 Å². The van der Waals surface area contributed by atoms with Gasteiger partial charge in [0.1, 0.15) is 0 Å². The molecule has 0 fully saturated rings. The second-order valence-corrected chi connectivity index (χ2v) is 5.84. The Labute approximate surface area is 109 Å². The number of rotatable bonds is 4. The number of aromatic nitrogens is 1. The summed E-state index contributed by atoms with van der Waals surface area (Å²) in [6.45, 7) is 9.85. The topological polar surface area (TPSA) is 68.0 Å². The van der Waals surface area contributed by atoms with Crippen molar-refractivity contribution in [3.8, 4) is 0 Å². The van der Waals surface area contributed by atoms with E-state index in [2.05, 4.69) is 10.3 Å². The van der Waals surface area contributed by atoms with Gasteiger partial charge in [-0.15, -0.1) is 0 Å². The summed E-state index contributed by atoms with van der Waals surface area (Å²) in [7, 11) is 0. The summed E-state index contributed by atoms with van der Waals surface area (Å²) >= 11 is 0. The molecule has 0 spiro atoms. The van der Waals surface area contributed by atoms with Crippen molar-refractivity contribution < 1.29 is 4.79 Å². The first-order valence-electron chi connectivity index (χ1n) is 6.13. The summed E-state index contributed by atoms with van der Waals surface area (Å²) in [5.74, 6) is -0.0458. The fourth-order valence-corrected chi connectivity index (χ4v) is 1.30. The van der Waals surface area contributed by atoms with Gasteiger partial charge in [-0.1, -0.05) is 6.07 Å². The molecule has 1 amide bonds. The van der Waals surface area contributed by atoms with E-state index in [1.807, 2.05) is 46.8 Å². The molecule has 0 saturated carbocycles. The number of carbonyl (C=O) groups excluding carboxylic acids is 1. The average molecular weight is 249 g/mol. The van der Waals surface area contributed by atoms with Crippen LogP contribution in [-0.4, -0.2) is 16.4 Å². The summed E-state index contributed by atoms with van der Waals surface area (Å²) in [6.07, 6.45) is 1.77. The highest BCUT2D eigenvalue weighted by Crippen LogP contribution is 2.28. The van der Waals surface area contributed by atoms with Gasteiger partial charge in [0, 0.05) is 24.0 Å². The van der Waals surface area contributed by atoms with Crippen molar-refractivity contribution in [3.05, 3.63) is 29.6 Å². The van der Waals surface area contributed by atoms with Gasteiger partial charge in [0.25, 0.3) is 0 Å². The number of amides is 1. The minimum atomic E-state index is -0.620. The molecule has 0 radical (unpaired) electrons. The van der Waals surface area contributed by atoms with Crippen molar-refractivity contribution in [2.45, 2.75) is 46.7 Å². The highest BCUT2D eigenvalue weighted by molar-refractivity contribution is 5.83. The van der Waals surface area contributed by atoms with Crippen molar-refractivity contribution in [1.29, 1.82) is 0 Å². The smallest absolute Gasteiger partial charge is 0.227 e. The molecule has 1 aromatic rings. The lowest BCUT2D eigenvalue weighted by Crippen LogP contribution is -2.55. The molecule has 1 heterocycles. The molecule has 0 unspecified atom stereocenters. The molecule has 3 N–H and O–H groups in total. The zero-order valence-electron chi connectivity index (χ0n) is 11.9. The molecule has 0 saturated heterocycles. The first kappa shape index (κ1) is 14.6. The Morgan fingerprint density at radius 3 is 2.39 bits per heavy atom. The summed E-state index contributed by atoms with van der Waals surface area (Å²) in [5.41, 5.74) is 6.79. The van der Waals surface area contributed by atoms with E-state index < -0.39 is 11.0 Å². The molecule has 1 aromatic heterocycles. The molecule has 100 valence electrons. The summed E-state index contributed by atoms with van der Waals surface area (Å²) < 4.78 is 0. The first-order valence-corrected chi connectivity index (χ1v) is 6.13. The Balaban J connectivity index is 2.64. The number of carbonyl (C=O) groups is 1.